The lowest BCUT2D eigenvalue weighted by molar-refractivity contribution is 0.150. The first kappa shape index (κ1) is 14.3. The molecule has 0 bridgehead atoms. The largest absolute Gasteiger partial charge is 0.369 e. The van der Waals surface area contributed by atoms with Gasteiger partial charge < -0.3 is 10.2 Å². The van der Waals surface area contributed by atoms with E-state index in [4.69, 9.17) is 0 Å². The quantitative estimate of drug-likeness (QED) is 0.905. The molecule has 1 fully saturated rings. The summed E-state index contributed by atoms with van der Waals surface area (Å²) in [4.78, 5) is 11.3. The molecule has 1 aliphatic rings. The number of hydrogen-bond acceptors (Lipinski definition) is 4. The summed E-state index contributed by atoms with van der Waals surface area (Å²) in [6.07, 6.45) is 3.46. The summed E-state index contributed by atoms with van der Waals surface area (Å²) >= 11 is 0. The van der Waals surface area contributed by atoms with Gasteiger partial charge in [-0.25, -0.2) is 9.97 Å². The summed E-state index contributed by atoms with van der Waals surface area (Å²) in [5, 5.41) is 3.52. The second-order valence-corrected chi connectivity index (χ2v) is 6.11. The molecule has 4 nitrogen and oxygen atoms in total. The zero-order valence-electron chi connectivity index (χ0n) is 12.7. The van der Waals surface area contributed by atoms with Crippen molar-refractivity contribution >= 4 is 5.82 Å². The number of hydrogen-bond donors (Lipinski definition) is 1. The van der Waals surface area contributed by atoms with E-state index in [1.54, 1.807) is 0 Å². The normalized spacial score (nSPS) is 19.4. The number of anilines is 1. The van der Waals surface area contributed by atoms with E-state index >= 15 is 0 Å². The van der Waals surface area contributed by atoms with Crippen molar-refractivity contribution in [2.75, 3.05) is 32.0 Å². The summed E-state index contributed by atoms with van der Waals surface area (Å²) < 4.78 is 0. The highest BCUT2D eigenvalue weighted by atomic mass is 15.1. The Bertz CT molecular complexity index is 422. The van der Waals surface area contributed by atoms with Crippen LogP contribution in [0.15, 0.2) is 6.07 Å². The lowest BCUT2D eigenvalue weighted by Crippen LogP contribution is -2.40. The third-order valence-corrected chi connectivity index (χ3v) is 4.14. The number of aryl methyl sites for hydroxylation is 2. The van der Waals surface area contributed by atoms with E-state index in [-0.39, 0.29) is 0 Å². The monoisotopic (exact) mass is 262 g/mol. The van der Waals surface area contributed by atoms with Crippen LogP contribution in [-0.2, 0) is 6.42 Å². The lowest BCUT2D eigenvalue weighted by atomic mass is 9.80. The maximum absolute atomic E-state index is 4.48. The molecular formula is C15H26N4. The molecule has 1 aromatic rings. The summed E-state index contributed by atoms with van der Waals surface area (Å²) in [7, 11) is 2.20. The van der Waals surface area contributed by atoms with Crippen molar-refractivity contribution in [2.24, 2.45) is 5.41 Å². The molecule has 1 N–H and O–H groups in total. The molecule has 0 spiro atoms. The third kappa shape index (κ3) is 3.90. The highest BCUT2D eigenvalue weighted by Crippen LogP contribution is 2.30. The average molecular weight is 262 g/mol. The first-order valence-corrected chi connectivity index (χ1v) is 7.28. The zero-order chi connectivity index (χ0) is 13.9. The number of nitrogens with one attached hydrogen (secondary N) is 1. The summed E-state index contributed by atoms with van der Waals surface area (Å²) in [5.41, 5.74) is 1.50. The molecule has 0 amide bonds. The van der Waals surface area contributed by atoms with E-state index in [2.05, 4.69) is 47.1 Å². The minimum atomic E-state index is 0.387. The van der Waals surface area contributed by atoms with E-state index in [9.17, 15) is 0 Å². The molecule has 0 aliphatic carbocycles. The Labute approximate surface area is 116 Å². The van der Waals surface area contributed by atoms with Gasteiger partial charge in [-0.3, -0.25) is 0 Å². The van der Waals surface area contributed by atoms with E-state index < -0.39 is 0 Å². The van der Waals surface area contributed by atoms with Crippen molar-refractivity contribution < 1.29 is 0 Å². The first-order valence-electron chi connectivity index (χ1n) is 7.28. The standard InChI is InChI=1S/C15H26N4/c1-5-13-10-14(18-12(2)17-13)16-11-15(3)6-8-19(4)9-7-15/h10H,5-9,11H2,1-4H3,(H,16,17,18). The fourth-order valence-corrected chi connectivity index (χ4v) is 2.54. The number of nitrogens with zero attached hydrogens (tertiary/aromatic N) is 3. The van der Waals surface area contributed by atoms with Crippen LogP contribution in [0.5, 0.6) is 0 Å². The molecule has 2 heterocycles. The molecular weight excluding hydrogens is 236 g/mol. The van der Waals surface area contributed by atoms with Gasteiger partial charge in [0.15, 0.2) is 0 Å². The smallest absolute Gasteiger partial charge is 0.129 e. The molecule has 1 saturated heterocycles. The second-order valence-electron chi connectivity index (χ2n) is 6.11. The van der Waals surface area contributed by atoms with Crippen LogP contribution in [0.25, 0.3) is 0 Å². The molecule has 19 heavy (non-hydrogen) atoms. The van der Waals surface area contributed by atoms with E-state index in [1.165, 1.54) is 25.9 Å². The van der Waals surface area contributed by atoms with Gasteiger partial charge in [-0.05, 0) is 51.7 Å². The molecule has 0 atom stereocenters. The minimum absolute atomic E-state index is 0.387. The Morgan fingerprint density at radius 3 is 2.63 bits per heavy atom. The van der Waals surface area contributed by atoms with Gasteiger partial charge in [0.1, 0.15) is 11.6 Å². The predicted octanol–water partition coefficient (Wildman–Crippen LogP) is 2.49. The molecule has 4 heteroatoms. The van der Waals surface area contributed by atoms with Gasteiger partial charge in [0, 0.05) is 18.3 Å². The van der Waals surface area contributed by atoms with Crippen LogP contribution >= 0.6 is 0 Å². The van der Waals surface area contributed by atoms with Crippen LogP contribution < -0.4 is 5.32 Å². The molecule has 0 unspecified atom stereocenters. The van der Waals surface area contributed by atoms with Crippen molar-refractivity contribution in [2.45, 2.75) is 40.0 Å². The van der Waals surface area contributed by atoms with Crippen molar-refractivity contribution in [3.8, 4) is 0 Å². The Morgan fingerprint density at radius 2 is 2.00 bits per heavy atom. The van der Waals surface area contributed by atoms with Crippen LogP contribution in [-0.4, -0.2) is 41.5 Å². The van der Waals surface area contributed by atoms with Gasteiger partial charge in [0.05, 0.1) is 0 Å². The fraction of sp³-hybridized carbons (Fsp3) is 0.733. The highest BCUT2D eigenvalue weighted by Gasteiger charge is 2.28. The number of rotatable bonds is 4. The second kappa shape index (κ2) is 5.87. The molecule has 2 rings (SSSR count). The Morgan fingerprint density at radius 1 is 1.32 bits per heavy atom. The van der Waals surface area contributed by atoms with Crippen molar-refractivity contribution in [1.82, 2.24) is 14.9 Å². The summed E-state index contributed by atoms with van der Waals surface area (Å²) in [6, 6.07) is 2.07. The van der Waals surface area contributed by atoms with Gasteiger partial charge in [-0.1, -0.05) is 13.8 Å². The molecule has 106 valence electrons. The fourth-order valence-electron chi connectivity index (χ4n) is 2.54. The van der Waals surface area contributed by atoms with Crippen molar-refractivity contribution in [3.05, 3.63) is 17.6 Å². The van der Waals surface area contributed by atoms with Gasteiger partial charge in [-0.15, -0.1) is 0 Å². The van der Waals surface area contributed by atoms with Crippen LogP contribution in [0.2, 0.25) is 0 Å². The van der Waals surface area contributed by atoms with Crippen LogP contribution in [0.4, 0.5) is 5.82 Å². The van der Waals surface area contributed by atoms with E-state index in [0.29, 0.717) is 5.41 Å². The summed E-state index contributed by atoms with van der Waals surface area (Å²) in [6.45, 7) is 9.86. The molecule has 0 saturated carbocycles. The van der Waals surface area contributed by atoms with Crippen molar-refractivity contribution in [3.63, 3.8) is 0 Å². The Kier molecular flexibility index (Phi) is 4.40. The zero-order valence-corrected chi connectivity index (χ0v) is 12.7. The predicted molar refractivity (Wildman–Crippen MR) is 79.5 cm³/mol. The van der Waals surface area contributed by atoms with Gasteiger partial charge in [0.25, 0.3) is 0 Å². The SMILES string of the molecule is CCc1cc(NCC2(C)CCN(C)CC2)nc(C)n1. The molecule has 0 aromatic carbocycles. The molecule has 1 aromatic heterocycles. The highest BCUT2D eigenvalue weighted by molar-refractivity contribution is 5.36. The molecule has 0 radical (unpaired) electrons. The lowest BCUT2D eigenvalue weighted by Gasteiger charge is -2.38. The number of likely N-dealkylation sites (tertiary alicyclic amines) is 1. The van der Waals surface area contributed by atoms with Gasteiger partial charge >= 0.3 is 0 Å². The van der Waals surface area contributed by atoms with E-state index in [0.717, 1.165) is 30.3 Å². The summed E-state index contributed by atoms with van der Waals surface area (Å²) in [5.74, 6) is 1.83. The van der Waals surface area contributed by atoms with E-state index in [1.807, 2.05) is 6.92 Å². The first-order chi connectivity index (χ1) is 9.00. The maximum atomic E-state index is 4.48. The van der Waals surface area contributed by atoms with Gasteiger partial charge in [0.2, 0.25) is 0 Å². The number of aromatic nitrogens is 2. The maximum Gasteiger partial charge on any atom is 0.129 e. The van der Waals surface area contributed by atoms with Crippen LogP contribution in [0.3, 0.4) is 0 Å². The van der Waals surface area contributed by atoms with Crippen molar-refractivity contribution in [1.29, 1.82) is 0 Å². The Hall–Kier alpha value is -1.16. The minimum Gasteiger partial charge on any atom is -0.369 e. The molecule has 1 aliphatic heterocycles. The third-order valence-electron chi connectivity index (χ3n) is 4.14. The topological polar surface area (TPSA) is 41.0 Å². The Balaban J connectivity index is 1.96. The number of piperidine rings is 1. The van der Waals surface area contributed by atoms with Crippen LogP contribution in [0.1, 0.15) is 38.2 Å². The van der Waals surface area contributed by atoms with Crippen LogP contribution in [0, 0.1) is 12.3 Å². The average Bonchev–Trinajstić information content (AvgIpc) is 2.40. The van der Waals surface area contributed by atoms with Gasteiger partial charge in [-0.2, -0.15) is 0 Å².